The molecule has 0 radical (unpaired) electrons. The van der Waals surface area contributed by atoms with Gasteiger partial charge >= 0.3 is 0 Å². The van der Waals surface area contributed by atoms with Crippen LogP contribution in [0.4, 0.5) is 0 Å². The van der Waals surface area contributed by atoms with Gasteiger partial charge in [-0.15, -0.1) is 0 Å². The maximum Gasteiger partial charge on any atom is 0.248 e. The molecule has 8 N–H and O–H groups in total. The lowest BCUT2D eigenvalue weighted by molar-refractivity contribution is -0.147. The van der Waals surface area contributed by atoms with Gasteiger partial charge in [-0.1, -0.05) is 97.4 Å². The van der Waals surface area contributed by atoms with E-state index in [1.165, 1.54) is 52.8 Å². The standard InChI is InChI=1S/2C34H47N5O8/c1-5-20(2)28-34(46)38-18-12-11-16-26(38)32(44)35-24(14-7-6-8-17-27(41)21(3)40)31(43)37-29(33(45)36-28)23-19-39(47-4)25-15-10-9-13-22(25)30(23)42;1-5-20(3)28-34(46)38-18-12-11-16-25(38)32(44)35-23(14-8-10-17-27(41)26(40)6-2)31(43)37-29(33(45)36-28)22-19-39(47-4)24-15-9-7-13-21(24)30(22)42/h9-10,13,15,19-21,24,26,28-29,40H,5-8,11-12,14,16-18H2,1-4H3,(H,35,44)(H,36,45)(H,37,43);7,9,13,15,19-20,23,25,27-29,41H,5-6,8,10-12,14,16-18H2,1-4H3,(H,35,44)(H,36,45)(H,37,43)/t20?,21?,24-,26+,28-,29-;20?,23-,25+,27?,28-,29-/m00/s1. The van der Waals surface area contributed by atoms with Crippen molar-refractivity contribution in [1.82, 2.24) is 51.2 Å². The molecule has 8 amide bonds. The SMILES string of the molecule is CCC(=O)C(O)CCCC[C@@H]1NC(=O)[C@H]2CCCCN2C(=O)[C@H](C(C)CC)NC(=O)[C@H](c2cn(OC)c3ccccc3c2=O)NC1=O.CCC(C)[C@@H]1NC(=O)[C@H](c2cn(OC)c3ccccc3c2=O)NC(=O)[C@H](CCCCCC(=O)C(C)O)NC(=O)[C@H]2CCCCN2C1=O. The molecule has 4 saturated heterocycles. The normalized spacial score (nSPS) is 23.8. The van der Waals surface area contributed by atoms with Gasteiger partial charge in [-0.05, 0) is 107 Å². The average Bonchev–Trinajstić information content (AvgIpc) is 0.800. The number of ketones is 2. The number of nitrogens with zero attached hydrogens (tertiary/aromatic N) is 4. The lowest BCUT2D eigenvalue weighted by atomic mass is 9.93. The quantitative estimate of drug-likeness (QED) is 0.0524. The van der Waals surface area contributed by atoms with Gasteiger partial charge in [0.25, 0.3) is 0 Å². The Labute approximate surface area is 546 Å². The Balaban J connectivity index is 0.000000266. The van der Waals surface area contributed by atoms with Crippen LogP contribution in [0.2, 0.25) is 0 Å². The van der Waals surface area contributed by atoms with E-state index in [0.29, 0.717) is 94.8 Å². The molecule has 12 atom stereocenters. The number of nitrogens with one attached hydrogen (secondary N) is 6. The number of hydrogen-bond donors (Lipinski definition) is 8. The van der Waals surface area contributed by atoms with Crippen LogP contribution in [0, 0.1) is 11.8 Å². The maximum atomic E-state index is 14.2. The number of benzene rings is 2. The highest BCUT2D eigenvalue weighted by atomic mass is 16.6. The van der Waals surface area contributed by atoms with Gasteiger partial charge in [0, 0.05) is 36.7 Å². The molecule has 8 rings (SSSR count). The molecular weight excluding hydrogens is 1210 g/mol. The van der Waals surface area contributed by atoms with Crippen LogP contribution < -0.4 is 52.4 Å². The third kappa shape index (κ3) is 17.4. The number of Topliss-reactive ketones (excluding diaryl/α,β-unsaturated/α-hetero) is 2. The first kappa shape index (κ1) is 72.9. The summed E-state index contributed by atoms with van der Waals surface area (Å²) in [5.74, 6) is -5.70. The topological polar surface area (TPSA) is 352 Å². The smallest absolute Gasteiger partial charge is 0.248 e. The fraction of sp³-hybridized carbons (Fsp3) is 0.588. The number of para-hydroxylation sites is 2. The molecule has 2 aromatic carbocycles. The van der Waals surface area contributed by atoms with Gasteiger partial charge in [0.2, 0.25) is 47.3 Å². The van der Waals surface area contributed by atoms with Crippen molar-refractivity contribution in [2.45, 2.75) is 218 Å². The zero-order valence-electron chi connectivity index (χ0n) is 55.2. The molecule has 0 saturated carbocycles. The van der Waals surface area contributed by atoms with Crippen molar-refractivity contribution in [1.29, 1.82) is 0 Å². The van der Waals surface area contributed by atoms with Gasteiger partial charge in [0.15, 0.2) is 22.4 Å². The molecule has 26 nitrogen and oxygen atoms in total. The average molecular weight is 1310 g/mol. The van der Waals surface area contributed by atoms with Crippen LogP contribution in [0.15, 0.2) is 70.5 Å². The molecule has 4 aromatic rings. The van der Waals surface area contributed by atoms with Crippen LogP contribution in [-0.4, -0.2) is 164 Å². The predicted molar refractivity (Wildman–Crippen MR) is 348 cm³/mol. The minimum atomic E-state index is -1.53. The fourth-order valence-electron chi connectivity index (χ4n) is 12.6. The number of fused-ring (bicyclic) bond motifs is 4. The molecule has 0 bridgehead atoms. The van der Waals surface area contributed by atoms with Gasteiger partial charge in [-0.2, -0.15) is 9.46 Å². The van der Waals surface area contributed by atoms with Gasteiger partial charge in [-0.25, -0.2) is 0 Å². The van der Waals surface area contributed by atoms with Crippen molar-refractivity contribution in [3.8, 4) is 0 Å². The van der Waals surface area contributed by atoms with Crippen LogP contribution in [0.3, 0.4) is 0 Å². The Kier molecular flexibility index (Phi) is 26.4. The van der Waals surface area contributed by atoms with Crippen molar-refractivity contribution in [2.24, 2.45) is 11.8 Å². The summed E-state index contributed by atoms with van der Waals surface area (Å²) >= 11 is 0. The first-order chi connectivity index (χ1) is 45.0. The van der Waals surface area contributed by atoms with Crippen LogP contribution >= 0.6 is 0 Å². The number of aromatic nitrogens is 2. The van der Waals surface area contributed by atoms with Gasteiger partial charge in [-0.3, -0.25) is 57.5 Å². The number of rotatable bonds is 22. The van der Waals surface area contributed by atoms with Crippen molar-refractivity contribution in [3.63, 3.8) is 0 Å². The Hall–Kier alpha value is -8.52. The number of aliphatic hydroxyl groups is 2. The van der Waals surface area contributed by atoms with Crippen LogP contribution in [0.5, 0.6) is 0 Å². The minimum Gasteiger partial charge on any atom is -0.417 e. The zero-order valence-corrected chi connectivity index (χ0v) is 55.2. The van der Waals surface area contributed by atoms with Crippen molar-refractivity contribution in [2.75, 3.05) is 27.3 Å². The van der Waals surface area contributed by atoms with Crippen LogP contribution in [0.1, 0.15) is 180 Å². The number of amides is 8. The number of unbranched alkanes of at least 4 members (excludes halogenated alkanes) is 3. The van der Waals surface area contributed by atoms with E-state index in [1.807, 2.05) is 27.7 Å². The number of aliphatic hydroxyl groups excluding tert-OH is 2. The number of carbonyl (C=O) groups excluding carboxylic acids is 10. The molecule has 4 aliphatic heterocycles. The third-order valence-corrected chi connectivity index (χ3v) is 18.7. The lowest BCUT2D eigenvalue weighted by Crippen LogP contribution is -2.63. The first-order valence-corrected chi connectivity index (χ1v) is 33.2. The summed E-state index contributed by atoms with van der Waals surface area (Å²) in [6.45, 7) is 11.2. The number of piperidine rings is 2. The van der Waals surface area contributed by atoms with E-state index < -0.39 is 113 Å². The number of hydrogen-bond acceptors (Lipinski definition) is 16. The Morgan fingerprint density at radius 2 is 0.947 bits per heavy atom. The zero-order chi connectivity index (χ0) is 68.5. The summed E-state index contributed by atoms with van der Waals surface area (Å²) in [5.41, 5.74) is -0.216. The molecule has 2 aromatic heterocycles. The van der Waals surface area contributed by atoms with Crippen molar-refractivity contribution in [3.05, 3.63) is 92.5 Å². The summed E-state index contributed by atoms with van der Waals surface area (Å²) in [6, 6.07) is 4.54. The molecule has 4 aliphatic rings. The third-order valence-electron chi connectivity index (χ3n) is 18.7. The second-order valence-electron chi connectivity index (χ2n) is 25.1. The number of pyridine rings is 2. The summed E-state index contributed by atoms with van der Waals surface area (Å²) < 4.78 is 2.67. The molecule has 0 aliphatic carbocycles. The molecule has 26 heteroatoms. The highest BCUT2D eigenvalue weighted by molar-refractivity contribution is 6.00. The summed E-state index contributed by atoms with van der Waals surface area (Å²) in [4.78, 5) is 177. The Morgan fingerprint density at radius 3 is 1.35 bits per heavy atom. The number of carbonyl (C=O) groups is 10. The van der Waals surface area contributed by atoms with Crippen molar-refractivity contribution < 1.29 is 67.8 Å². The van der Waals surface area contributed by atoms with E-state index in [1.54, 1.807) is 55.5 Å². The van der Waals surface area contributed by atoms with Crippen LogP contribution in [-0.2, 0) is 47.9 Å². The van der Waals surface area contributed by atoms with E-state index in [-0.39, 0.29) is 83.3 Å². The molecule has 0 spiro atoms. The highest BCUT2D eigenvalue weighted by Crippen LogP contribution is 2.27. The second kappa shape index (κ2) is 34.1. The monoisotopic (exact) mass is 1310 g/mol. The van der Waals surface area contributed by atoms with E-state index >= 15 is 0 Å². The summed E-state index contributed by atoms with van der Waals surface area (Å²) in [5, 5.41) is 36.9. The first-order valence-electron chi connectivity index (χ1n) is 33.2. The highest BCUT2D eigenvalue weighted by Gasteiger charge is 2.44. The second-order valence-corrected chi connectivity index (χ2v) is 25.1. The maximum absolute atomic E-state index is 14.2. The van der Waals surface area contributed by atoms with Gasteiger partial charge in [0.05, 0.1) is 34.6 Å². The molecular formula is C68H94N10O16. The molecule has 4 fully saturated rings. The fourth-order valence-corrected chi connectivity index (χ4v) is 12.6. The van der Waals surface area contributed by atoms with E-state index in [9.17, 15) is 67.7 Å². The van der Waals surface area contributed by atoms with E-state index in [4.69, 9.17) is 9.68 Å². The van der Waals surface area contributed by atoms with Crippen molar-refractivity contribution >= 4 is 80.6 Å². The molecule has 4 unspecified atom stereocenters. The van der Waals surface area contributed by atoms with E-state index in [0.717, 1.165) is 12.8 Å². The minimum absolute atomic E-state index is 0.0682. The Bertz CT molecular complexity index is 3530. The molecule has 512 valence electrons. The lowest BCUT2D eigenvalue weighted by Gasteiger charge is -2.39. The summed E-state index contributed by atoms with van der Waals surface area (Å²) in [7, 11) is 2.82. The van der Waals surface area contributed by atoms with Crippen LogP contribution in [0.25, 0.3) is 21.8 Å². The largest absolute Gasteiger partial charge is 0.417 e. The van der Waals surface area contributed by atoms with Gasteiger partial charge in [0.1, 0.15) is 74.8 Å². The molecule has 94 heavy (non-hydrogen) atoms. The molecule has 6 heterocycles. The van der Waals surface area contributed by atoms with E-state index in [2.05, 4.69) is 31.9 Å². The predicted octanol–water partition coefficient (Wildman–Crippen LogP) is 3.06. The van der Waals surface area contributed by atoms with Gasteiger partial charge < -0.3 is 61.6 Å². The Morgan fingerprint density at radius 1 is 0.521 bits per heavy atom. The summed E-state index contributed by atoms with van der Waals surface area (Å²) in [6.07, 6.45) is 8.52.